The van der Waals surface area contributed by atoms with Crippen LogP contribution in [-0.2, 0) is 20.5 Å². The van der Waals surface area contributed by atoms with Crippen LogP contribution in [0.4, 0.5) is 13.2 Å². The normalized spacial score (nSPS) is 28.2. The van der Waals surface area contributed by atoms with E-state index in [2.05, 4.69) is 4.72 Å². The minimum Gasteiger partial charge on any atom is -0.337 e. The van der Waals surface area contributed by atoms with Crippen LogP contribution in [-0.4, -0.2) is 44.1 Å². The summed E-state index contributed by atoms with van der Waals surface area (Å²) in [6.07, 6.45) is 0.954. The van der Waals surface area contributed by atoms with Gasteiger partial charge in [0, 0.05) is 19.0 Å². The summed E-state index contributed by atoms with van der Waals surface area (Å²) in [5.74, 6) is -2.96. The molecule has 0 bridgehead atoms. The molecular formula is C23H25F3N2O3S. The number of sulfonamides is 1. The summed E-state index contributed by atoms with van der Waals surface area (Å²) < 4.78 is 70.4. The Morgan fingerprint density at radius 3 is 2.38 bits per heavy atom. The lowest BCUT2D eigenvalue weighted by Crippen LogP contribution is -2.65. The van der Waals surface area contributed by atoms with E-state index < -0.39 is 45.2 Å². The Bertz CT molecular complexity index is 1150. The van der Waals surface area contributed by atoms with Crippen LogP contribution in [0.5, 0.6) is 0 Å². The van der Waals surface area contributed by atoms with Gasteiger partial charge in [0.15, 0.2) is 0 Å². The van der Waals surface area contributed by atoms with Gasteiger partial charge in [-0.05, 0) is 36.1 Å². The zero-order chi connectivity index (χ0) is 23.4. The average molecular weight is 467 g/mol. The van der Waals surface area contributed by atoms with Gasteiger partial charge < -0.3 is 4.90 Å². The van der Waals surface area contributed by atoms with Crippen LogP contribution in [0.25, 0.3) is 11.1 Å². The number of hydrogen-bond donors (Lipinski definition) is 1. The average Bonchev–Trinajstić information content (AvgIpc) is 3.37. The van der Waals surface area contributed by atoms with Crippen LogP contribution in [0.15, 0.2) is 42.5 Å². The lowest BCUT2D eigenvalue weighted by molar-refractivity contribution is -0.147. The van der Waals surface area contributed by atoms with E-state index in [1.807, 2.05) is 6.92 Å². The van der Waals surface area contributed by atoms with Crippen molar-refractivity contribution in [3.05, 3.63) is 59.7 Å². The van der Waals surface area contributed by atoms with E-state index in [0.29, 0.717) is 6.54 Å². The summed E-state index contributed by atoms with van der Waals surface area (Å²) in [6.45, 7) is 3.98. The molecule has 5 nitrogen and oxygen atoms in total. The SMILES string of the molecule is C[C@@H]1CN(C(=O)[C@@H]2C[C@@]2(F)c2ccccc2-c2c(F)cccc2F)[C@@H]1[C@@H](C)NS(C)(=O)=O. The fourth-order valence-corrected chi connectivity index (χ4v) is 5.77. The highest BCUT2D eigenvalue weighted by Gasteiger charge is 2.64. The molecule has 1 saturated carbocycles. The smallest absolute Gasteiger partial charge is 0.229 e. The molecule has 9 heteroatoms. The van der Waals surface area contributed by atoms with Crippen molar-refractivity contribution < 1.29 is 26.4 Å². The molecule has 2 aliphatic rings. The molecule has 1 N–H and O–H groups in total. The van der Waals surface area contributed by atoms with Crippen LogP contribution in [0.1, 0.15) is 25.8 Å². The first kappa shape index (κ1) is 22.8. The van der Waals surface area contributed by atoms with Crippen molar-refractivity contribution in [1.29, 1.82) is 0 Å². The first-order valence-corrected chi connectivity index (χ1v) is 12.3. The maximum atomic E-state index is 16.0. The minimum absolute atomic E-state index is 0.0516. The second-order valence-electron chi connectivity index (χ2n) is 8.90. The van der Waals surface area contributed by atoms with Crippen LogP contribution >= 0.6 is 0 Å². The standard InChI is InChI=1S/C23H25F3N2O3S/c1-13-12-28(21(13)14(2)27-32(3,30)31)22(29)17-11-23(17,26)16-8-5-4-7-15(16)20-18(24)9-6-10-19(20)25/h4-10,13-14,17,21,27H,11-12H2,1-3H3/t13-,14-,17+,21+,23-/m1/s1. The van der Waals surface area contributed by atoms with Crippen LogP contribution in [0, 0.1) is 23.5 Å². The zero-order valence-corrected chi connectivity index (χ0v) is 18.8. The molecule has 2 aromatic carbocycles. The van der Waals surface area contributed by atoms with Gasteiger partial charge in [0.05, 0.1) is 23.8 Å². The Morgan fingerprint density at radius 2 is 1.78 bits per heavy atom. The number of hydrogen-bond acceptors (Lipinski definition) is 3. The molecule has 172 valence electrons. The topological polar surface area (TPSA) is 66.5 Å². The molecule has 32 heavy (non-hydrogen) atoms. The van der Waals surface area contributed by atoms with Gasteiger partial charge in [-0.25, -0.2) is 26.3 Å². The van der Waals surface area contributed by atoms with E-state index in [9.17, 15) is 22.0 Å². The Kier molecular flexibility index (Phi) is 5.61. The zero-order valence-electron chi connectivity index (χ0n) is 18.0. The van der Waals surface area contributed by atoms with Crippen molar-refractivity contribution in [3.8, 4) is 11.1 Å². The summed E-state index contributed by atoms with van der Waals surface area (Å²) in [5.41, 5.74) is -2.20. The van der Waals surface area contributed by atoms with Crippen molar-refractivity contribution in [2.75, 3.05) is 12.8 Å². The van der Waals surface area contributed by atoms with Crippen molar-refractivity contribution >= 4 is 15.9 Å². The molecule has 2 aromatic rings. The highest BCUT2D eigenvalue weighted by molar-refractivity contribution is 7.88. The summed E-state index contributed by atoms with van der Waals surface area (Å²) in [4.78, 5) is 14.7. The van der Waals surface area contributed by atoms with Gasteiger partial charge in [-0.3, -0.25) is 4.79 Å². The molecule has 0 aromatic heterocycles. The molecule has 5 atom stereocenters. The van der Waals surface area contributed by atoms with Crippen molar-refractivity contribution in [2.45, 2.75) is 38.0 Å². The monoisotopic (exact) mass is 466 g/mol. The van der Waals surface area contributed by atoms with Crippen molar-refractivity contribution in [3.63, 3.8) is 0 Å². The summed E-state index contributed by atoms with van der Waals surface area (Å²) >= 11 is 0. The Balaban J connectivity index is 1.60. The van der Waals surface area contributed by atoms with Crippen LogP contribution in [0.3, 0.4) is 0 Å². The molecule has 1 amide bonds. The molecule has 0 spiro atoms. The Hall–Kier alpha value is -2.39. The van der Waals surface area contributed by atoms with Crippen LogP contribution < -0.4 is 4.72 Å². The van der Waals surface area contributed by atoms with Gasteiger partial charge in [0.2, 0.25) is 15.9 Å². The van der Waals surface area contributed by atoms with Gasteiger partial charge in [0.25, 0.3) is 0 Å². The van der Waals surface area contributed by atoms with E-state index >= 15 is 4.39 Å². The van der Waals surface area contributed by atoms with Gasteiger partial charge in [0.1, 0.15) is 17.3 Å². The molecule has 0 unspecified atom stereocenters. The summed E-state index contributed by atoms with van der Waals surface area (Å²) in [7, 11) is -3.47. The molecule has 1 aliphatic heterocycles. The van der Waals surface area contributed by atoms with E-state index in [1.54, 1.807) is 19.1 Å². The Labute approximate surface area is 185 Å². The van der Waals surface area contributed by atoms with Crippen molar-refractivity contribution in [2.24, 2.45) is 11.8 Å². The molecule has 1 heterocycles. The van der Waals surface area contributed by atoms with Gasteiger partial charge in [-0.15, -0.1) is 0 Å². The van der Waals surface area contributed by atoms with Gasteiger partial charge >= 0.3 is 0 Å². The van der Waals surface area contributed by atoms with E-state index in [-0.39, 0.29) is 35.1 Å². The highest BCUT2D eigenvalue weighted by Crippen LogP contribution is 2.59. The molecule has 0 radical (unpaired) electrons. The number of alkyl halides is 1. The maximum Gasteiger partial charge on any atom is 0.229 e. The van der Waals surface area contributed by atoms with Crippen LogP contribution in [0.2, 0.25) is 0 Å². The molecule has 2 fully saturated rings. The largest absolute Gasteiger partial charge is 0.337 e. The number of halogens is 3. The second-order valence-corrected chi connectivity index (χ2v) is 10.7. The molecular weight excluding hydrogens is 441 g/mol. The van der Waals surface area contributed by atoms with E-state index in [1.165, 1.54) is 23.1 Å². The quantitative estimate of drug-likeness (QED) is 0.708. The first-order valence-electron chi connectivity index (χ1n) is 10.4. The lowest BCUT2D eigenvalue weighted by Gasteiger charge is -2.50. The number of likely N-dealkylation sites (tertiary alicyclic amines) is 1. The third kappa shape index (κ3) is 3.92. The number of nitrogens with one attached hydrogen (secondary N) is 1. The number of nitrogens with zero attached hydrogens (tertiary/aromatic N) is 1. The Morgan fingerprint density at radius 1 is 1.16 bits per heavy atom. The number of carbonyl (C=O) groups excluding carboxylic acids is 1. The van der Waals surface area contributed by atoms with E-state index in [4.69, 9.17) is 0 Å². The lowest BCUT2D eigenvalue weighted by atomic mass is 9.85. The predicted octanol–water partition coefficient (Wildman–Crippen LogP) is 3.60. The predicted molar refractivity (Wildman–Crippen MR) is 115 cm³/mol. The third-order valence-corrected chi connectivity index (χ3v) is 7.22. The number of amides is 1. The molecule has 4 rings (SSSR count). The molecule has 1 aliphatic carbocycles. The number of carbonyl (C=O) groups is 1. The first-order chi connectivity index (χ1) is 14.9. The number of rotatable bonds is 6. The highest BCUT2D eigenvalue weighted by atomic mass is 32.2. The second kappa shape index (κ2) is 7.88. The number of benzene rings is 2. The summed E-state index contributed by atoms with van der Waals surface area (Å²) in [6, 6.07) is 8.59. The molecule has 1 saturated heterocycles. The van der Waals surface area contributed by atoms with Gasteiger partial charge in [-0.2, -0.15) is 0 Å². The van der Waals surface area contributed by atoms with Gasteiger partial charge in [-0.1, -0.05) is 37.3 Å². The van der Waals surface area contributed by atoms with Crippen molar-refractivity contribution in [1.82, 2.24) is 9.62 Å². The summed E-state index contributed by atoms with van der Waals surface area (Å²) in [5, 5.41) is 0. The van der Waals surface area contributed by atoms with E-state index in [0.717, 1.165) is 18.4 Å². The minimum atomic E-state index is -3.47. The fourth-order valence-electron chi connectivity index (χ4n) is 4.95. The fraction of sp³-hybridized carbons (Fsp3) is 0.435. The maximum absolute atomic E-state index is 16.0. The third-order valence-electron chi connectivity index (χ3n) is 6.42.